The van der Waals surface area contributed by atoms with E-state index in [2.05, 4.69) is 0 Å². The van der Waals surface area contributed by atoms with Crippen LogP contribution in [0.4, 0.5) is 13.2 Å². The van der Waals surface area contributed by atoms with Crippen LogP contribution in [0, 0.1) is 0 Å². The van der Waals surface area contributed by atoms with Gasteiger partial charge in [-0.1, -0.05) is 0 Å². The van der Waals surface area contributed by atoms with E-state index in [4.69, 9.17) is 10.3 Å². The standard InChI is InChI=1S/C12H18F3N3O5/c1-6(10(20)17-23)16-8(12(13,14)15)5-9(19)18-4-2-3-7(18)11(21)22/h6-8,16,23H,2-5H2,1H3,(H,17,20)(H,21,22)/t6-,7-,8-/m0/s1. The first-order valence-corrected chi connectivity index (χ1v) is 6.87. The van der Waals surface area contributed by atoms with E-state index in [0.717, 1.165) is 11.8 Å². The Balaban J connectivity index is 2.79. The summed E-state index contributed by atoms with van der Waals surface area (Å²) in [5, 5.41) is 19.3. The van der Waals surface area contributed by atoms with E-state index in [1.54, 1.807) is 0 Å². The summed E-state index contributed by atoms with van der Waals surface area (Å²) in [6, 6.07) is -4.86. The highest BCUT2D eigenvalue weighted by Crippen LogP contribution is 2.26. The summed E-state index contributed by atoms with van der Waals surface area (Å²) in [7, 11) is 0. The Morgan fingerprint density at radius 3 is 2.43 bits per heavy atom. The Kier molecular flexibility index (Phi) is 6.33. The molecule has 0 radical (unpaired) electrons. The highest BCUT2D eigenvalue weighted by Gasteiger charge is 2.44. The molecule has 1 saturated heterocycles. The number of carbonyl (C=O) groups excluding carboxylic acids is 2. The number of hydrogen-bond acceptors (Lipinski definition) is 5. The minimum atomic E-state index is -4.82. The number of halogens is 3. The van der Waals surface area contributed by atoms with E-state index in [-0.39, 0.29) is 13.0 Å². The van der Waals surface area contributed by atoms with Crippen molar-refractivity contribution in [2.45, 2.75) is 50.5 Å². The summed E-state index contributed by atoms with van der Waals surface area (Å²) in [6.45, 7) is 1.16. The number of likely N-dealkylation sites (tertiary alicyclic amines) is 1. The first kappa shape index (κ1) is 19.2. The van der Waals surface area contributed by atoms with E-state index in [0.29, 0.717) is 6.42 Å². The first-order valence-electron chi connectivity index (χ1n) is 6.87. The minimum Gasteiger partial charge on any atom is -0.480 e. The zero-order valence-electron chi connectivity index (χ0n) is 12.3. The normalized spacial score (nSPS) is 20.9. The second-order valence-corrected chi connectivity index (χ2v) is 5.25. The molecule has 0 aliphatic carbocycles. The van der Waals surface area contributed by atoms with Crippen LogP contribution in [0.1, 0.15) is 26.2 Å². The van der Waals surface area contributed by atoms with Crippen LogP contribution in [0.5, 0.6) is 0 Å². The molecule has 0 unspecified atom stereocenters. The third-order valence-electron chi connectivity index (χ3n) is 3.59. The van der Waals surface area contributed by atoms with Crippen molar-refractivity contribution >= 4 is 17.8 Å². The van der Waals surface area contributed by atoms with Gasteiger partial charge in [-0.15, -0.1) is 0 Å². The number of carboxylic acids is 1. The number of carbonyl (C=O) groups is 3. The Morgan fingerprint density at radius 2 is 1.96 bits per heavy atom. The molecule has 1 aliphatic heterocycles. The number of aliphatic carboxylic acids is 1. The summed E-state index contributed by atoms with van der Waals surface area (Å²) >= 11 is 0. The minimum absolute atomic E-state index is 0.0764. The maximum atomic E-state index is 13.0. The van der Waals surface area contributed by atoms with Crippen molar-refractivity contribution in [2.75, 3.05) is 6.54 Å². The van der Waals surface area contributed by atoms with Crippen LogP contribution in [0.25, 0.3) is 0 Å². The first-order chi connectivity index (χ1) is 10.6. The number of alkyl halides is 3. The van der Waals surface area contributed by atoms with Gasteiger partial charge in [0.15, 0.2) is 0 Å². The molecule has 1 aliphatic rings. The van der Waals surface area contributed by atoms with E-state index >= 15 is 0 Å². The fourth-order valence-corrected chi connectivity index (χ4v) is 2.36. The second kappa shape index (κ2) is 7.59. The van der Waals surface area contributed by atoms with Crippen LogP contribution in [0.3, 0.4) is 0 Å². The number of nitrogens with one attached hydrogen (secondary N) is 2. The molecule has 0 aromatic rings. The summed E-state index contributed by atoms with van der Waals surface area (Å²) in [5.74, 6) is -3.31. The van der Waals surface area contributed by atoms with E-state index in [1.165, 1.54) is 5.48 Å². The molecule has 1 heterocycles. The molecule has 1 fully saturated rings. The maximum Gasteiger partial charge on any atom is 0.404 e. The number of hydroxylamine groups is 1. The molecule has 8 nitrogen and oxygen atoms in total. The SMILES string of the molecule is C[C@H](N[C@@H](CC(=O)N1CCC[C@H]1C(=O)O)C(F)(F)F)C(=O)NO. The lowest BCUT2D eigenvalue weighted by atomic mass is 10.1. The van der Waals surface area contributed by atoms with E-state index < -0.39 is 48.5 Å². The molecule has 2 amide bonds. The molecule has 3 atom stereocenters. The van der Waals surface area contributed by atoms with Gasteiger partial charge in [-0.2, -0.15) is 13.2 Å². The summed E-state index contributed by atoms with van der Waals surface area (Å²) in [5.41, 5.74) is 1.21. The number of carboxylic acid groups (broad SMARTS) is 1. The van der Waals surface area contributed by atoms with Crippen LogP contribution < -0.4 is 10.8 Å². The van der Waals surface area contributed by atoms with Crippen molar-refractivity contribution in [2.24, 2.45) is 0 Å². The Hall–Kier alpha value is -1.88. The smallest absolute Gasteiger partial charge is 0.404 e. The Labute approximate surface area is 129 Å². The lowest BCUT2D eigenvalue weighted by Gasteiger charge is -2.27. The average Bonchev–Trinajstić information content (AvgIpc) is 2.94. The van der Waals surface area contributed by atoms with Crippen molar-refractivity contribution in [1.29, 1.82) is 0 Å². The van der Waals surface area contributed by atoms with Gasteiger partial charge in [-0.05, 0) is 19.8 Å². The van der Waals surface area contributed by atoms with Crippen molar-refractivity contribution in [3.63, 3.8) is 0 Å². The van der Waals surface area contributed by atoms with Crippen molar-refractivity contribution in [3.8, 4) is 0 Å². The molecular formula is C12H18F3N3O5. The predicted octanol–water partition coefficient (Wildman–Crippen LogP) is -0.133. The molecule has 0 aromatic heterocycles. The zero-order valence-corrected chi connectivity index (χ0v) is 12.3. The molecule has 0 aromatic carbocycles. The number of rotatable bonds is 6. The van der Waals surface area contributed by atoms with Gasteiger partial charge in [0, 0.05) is 6.54 Å². The monoisotopic (exact) mass is 341 g/mol. The van der Waals surface area contributed by atoms with Crippen LogP contribution in [-0.2, 0) is 14.4 Å². The molecule has 1 rings (SSSR count). The fourth-order valence-electron chi connectivity index (χ4n) is 2.36. The third kappa shape index (κ3) is 5.06. The van der Waals surface area contributed by atoms with Gasteiger partial charge in [0.1, 0.15) is 12.1 Å². The number of nitrogens with zero attached hydrogens (tertiary/aromatic N) is 1. The average molecular weight is 341 g/mol. The number of amides is 2. The van der Waals surface area contributed by atoms with E-state index in [1.807, 2.05) is 5.32 Å². The van der Waals surface area contributed by atoms with Gasteiger partial charge in [-0.3, -0.25) is 20.1 Å². The van der Waals surface area contributed by atoms with E-state index in [9.17, 15) is 27.6 Å². The molecule has 0 spiro atoms. The van der Waals surface area contributed by atoms with Crippen LogP contribution in [0.2, 0.25) is 0 Å². The van der Waals surface area contributed by atoms with Crippen LogP contribution in [0.15, 0.2) is 0 Å². The van der Waals surface area contributed by atoms with Crippen molar-refractivity contribution in [1.82, 2.24) is 15.7 Å². The summed E-state index contributed by atoms with van der Waals surface area (Å²) in [6.07, 6.45) is -5.26. The maximum absolute atomic E-state index is 13.0. The Bertz CT molecular complexity index is 471. The van der Waals surface area contributed by atoms with Gasteiger partial charge < -0.3 is 10.0 Å². The quantitative estimate of drug-likeness (QED) is 0.395. The van der Waals surface area contributed by atoms with Crippen molar-refractivity contribution < 1.29 is 37.9 Å². The lowest BCUT2D eigenvalue weighted by Crippen LogP contribution is -2.54. The van der Waals surface area contributed by atoms with Crippen LogP contribution >= 0.6 is 0 Å². The zero-order chi connectivity index (χ0) is 17.8. The molecule has 0 bridgehead atoms. The van der Waals surface area contributed by atoms with Gasteiger partial charge in [0.05, 0.1) is 12.5 Å². The highest BCUT2D eigenvalue weighted by atomic mass is 19.4. The Morgan fingerprint density at radius 1 is 1.35 bits per heavy atom. The molecule has 0 saturated carbocycles. The largest absolute Gasteiger partial charge is 0.480 e. The van der Waals surface area contributed by atoms with Gasteiger partial charge in [-0.25, -0.2) is 10.3 Å². The lowest BCUT2D eigenvalue weighted by molar-refractivity contribution is -0.168. The second-order valence-electron chi connectivity index (χ2n) is 5.25. The van der Waals surface area contributed by atoms with Crippen molar-refractivity contribution in [3.05, 3.63) is 0 Å². The highest BCUT2D eigenvalue weighted by molar-refractivity contribution is 5.85. The summed E-state index contributed by atoms with van der Waals surface area (Å²) < 4.78 is 39.0. The molecule has 4 N–H and O–H groups in total. The summed E-state index contributed by atoms with van der Waals surface area (Å²) in [4.78, 5) is 35.0. The molecule has 11 heteroatoms. The topological polar surface area (TPSA) is 119 Å². The van der Waals surface area contributed by atoms with Gasteiger partial charge in [0.25, 0.3) is 5.91 Å². The van der Waals surface area contributed by atoms with Crippen LogP contribution in [-0.4, -0.2) is 63.8 Å². The van der Waals surface area contributed by atoms with Gasteiger partial charge in [0.2, 0.25) is 5.91 Å². The molecular weight excluding hydrogens is 323 g/mol. The fraction of sp³-hybridized carbons (Fsp3) is 0.750. The molecule has 23 heavy (non-hydrogen) atoms. The van der Waals surface area contributed by atoms with Gasteiger partial charge >= 0.3 is 12.1 Å². The predicted molar refractivity (Wildman–Crippen MR) is 69.4 cm³/mol. The number of hydrogen-bond donors (Lipinski definition) is 4. The molecule has 132 valence electrons. The third-order valence-corrected chi connectivity index (χ3v) is 3.59.